The summed E-state index contributed by atoms with van der Waals surface area (Å²) >= 11 is 0. The SMILES string of the molecule is COc1ccc2c(c1O)CC[C@H]1C(C)(C)CC[C@@H](O)[C@]21C. The molecule has 1 aromatic carbocycles. The van der Waals surface area contributed by atoms with Crippen molar-refractivity contribution >= 4 is 0 Å². The van der Waals surface area contributed by atoms with Gasteiger partial charge in [-0.25, -0.2) is 0 Å². The van der Waals surface area contributed by atoms with Crippen molar-refractivity contribution in [2.45, 2.75) is 58.0 Å². The van der Waals surface area contributed by atoms with E-state index in [1.165, 1.54) is 0 Å². The van der Waals surface area contributed by atoms with Gasteiger partial charge in [-0.2, -0.15) is 0 Å². The van der Waals surface area contributed by atoms with Gasteiger partial charge in [0.2, 0.25) is 0 Å². The van der Waals surface area contributed by atoms with Gasteiger partial charge in [0, 0.05) is 11.0 Å². The summed E-state index contributed by atoms with van der Waals surface area (Å²) in [5.41, 5.74) is 2.02. The normalized spacial score (nSPS) is 34.0. The minimum Gasteiger partial charge on any atom is -0.504 e. The van der Waals surface area contributed by atoms with Crippen LogP contribution in [0.3, 0.4) is 0 Å². The number of methoxy groups -OCH3 is 1. The Morgan fingerprint density at radius 1 is 1.19 bits per heavy atom. The second-order valence-electron chi connectivity index (χ2n) is 7.56. The molecule has 3 nitrogen and oxygen atoms in total. The summed E-state index contributed by atoms with van der Waals surface area (Å²) in [5.74, 6) is 1.22. The third-order valence-corrected chi connectivity index (χ3v) is 6.15. The van der Waals surface area contributed by atoms with Crippen LogP contribution in [0.1, 0.15) is 51.2 Å². The number of aliphatic hydroxyl groups is 1. The standard InChI is InChI=1S/C18H26O3/c1-17(2)10-9-15(19)18(3)12-6-7-13(21-4)16(20)11(12)5-8-14(17)18/h6-7,14-15,19-20H,5,8-10H2,1-4H3/t14-,15+,18+/m0/s1. The molecule has 3 heteroatoms. The van der Waals surface area contributed by atoms with E-state index in [4.69, 9.17) is 4.74 Å². The van der Waals surface area contributed by atoms with Gasteiger partial charge in [0.05, 0.1) is 13.2 Å². The molecular weight excluding hydrogens is 264 g/mol. The zero-order valence-electron chi connectivity index (χ0n) is 13.4. The van der Waals surface area contributed by atoms with Gasteiger partial charge in [0.25, 0.3) is 0 Å². The van der Waals surface area contributed by atoms with Crippen LogP contribution in [0.4, 0.5) is 0 Å². The fraction of sp³-hybridized carbons (Fsp3) is 0.667. The summed E-state index contributed by atoms with van der Waals surface area (Å²) < 4.78 is 5.24. The van der Waals surface area contributed by atoms with Crippen LogP contribution in [-0.2, 0) is 11.8 Å². The Labute approximate surface area is 127 Å². The Morgan fingerprint density at radius 3 is 2.57 bits per heavy atom. The Kier molecular flexibility index (Phi) is 3.25. The van der Waals surface area contributed by atoms with Crippen molar-refractivity contribution in [1.29, 1.82) is 0 Å². The number of benzene rings is 1. The first-order valence-corrected chi connectivity index (χ1v) is 7.89. The summed E-state index contributed by atoms with van der Waals surface area (Å²) in [7, 11) is 1.58. The number of phenols is 1. The van der Waals surface area contributed by atoms with Gasteiger partial charge >= 0.3 is 0 Å². The zero-order valence-corrected chi connectivity index (χ0v) is 13.4. The minimum atomic E-state index is -0.345. The van der Waals surface area contributed by atoms with Crippen molar-refractivity contribution in [2.75, 3.05) is 7.11 Å². The van der Waals surface area contributed by atoms with Crippen LogP contribution in [0, 0.1) is 11.3 Å². The van der Waals surface area contributed by atoms with Crippen LogP contribution in [0.2, 0.25) is 0 Å². The van der Waals surface area contributed by atoms with Crippen molar-refractivity contribution in [3.8, 4) is 11.5 Å². The molecule has 0 heterocycles. The predicted molar refractivity (Wildman–Crippen MR) is 82.8 cm³/mol. The van der Waals surface area contributed by atoms with E-state index in [1.807, 2.05) is 12.1 Å². The Hall–Kier alpha value is -1.22. The lowest BCUT2D eigenvalue weighted by Gasteiger charge is -2.56. The van der Waals surface area contributed by atoms with E-state index in [0.29, 0.717) is 11.7 Å². The average Bonchev–Trinajstić information content (AvgIpc) is 2.44. The maximum Gasteiger partial charge on any atom is 0.161 e. The fourth-order valence-electron chi connectivity index (χ4n) is 4.91. The number of aromatic hydroxyl groups is 1. The van der Waals surface area contributed by atoms with E-state index in [-0.39, 0.29) is 22.7 Å². The molecule has 2 N–H and O–H groups in total. The second kappa shape index (κ2) is 4.64. The topological polar surface area (TPSA) is 49.7 Å². The predicted octanol–water partition coefficient (Wildman–Crippen LogP) is 3.40. The lowest BCUT2D eigenvalue weighted by Crippen LogP contribution is -2.55. The molecule has 0 aromatic heterocycles. The molecular formula is C18H26O3. The summed E-state index contributed by atoms with van der Waals surface area (Å²) in [6, 6.07) is 3.88. The van der Waals surface area contributed by atoms with Crippen molar-refractivity contribution in [3.05, 3.63) is 23.3 Å². The van der Waals surface area contributed by atoms with Gasteiger partial charge in [-0.05, 0) is 48.6 Å². The maximum atomic E-state index is 10.7. The van der Waals surface area contributed by atoms with E-state index >= 15 is 0 Å². The van der Waals surface area contributed by atoms with Crippen molar-refractivity contribution in [1.82, 2.24) is 0 Å². The van der Waals surface area contributed by atoms with Crippen LogP contribution in [0.15, 0.2) is 12.1 Å². The molecule has 0 unspecified atom stereocenters. The summed E-state index contributed by atoms with van der Waals surface area (Å²) in [5, 5.41) is 21.2. The Bertz CT molecular complexity index is 564. The van der Waals surface area contributed by atoms with E-state index in [9.17, 15) is 10.2 Å². The molecule has 0 amide bonds. The maximum absolute atomic E-state index is 10.7. The number of hydrogen-bond donors (Lipinski definition) is 2. The smallest absolute Gasteiger partial charge is 0.161 e. The van der Waals surface area contributed by atoms with Gasteiger partial charge in [-0.15, -0.1) is 0 Å². The quantitative estimate of drug-likeness (QED) is 0.833. The molecule has 0 spiro atoms. The minimum absolute atomic E-state index is 0.223. The number of fused-ring (bicyclic) bond motifs is 3. The summed E-state index contributed by atoms with van der Waals surface area (Å²) in [6.45, 7) is 6.81. The molecule has 0 saturated heterocycles. The molecule has 1 aromatic rings. The van der Waals surface area contributed by atoms with Crippen molar-refractivity contribution in [3.63, 3.8) is 0 Å². The molecule has 116 valence electrons. The molecule has 0 radical (unpaired) electrons. The Balaban J connectivity index is 2.18. The molecule has 1 fully saturated rings. The lowest BCUT2D eigenvalue weighted by atomic mass is 9.49. The number of hydrogen-bond acceptors (Lipinski definition) is 3. The first kappa shape index (κ1) is 14.7. The summed E-state index contributed by atoms with van der Waals surface area (Å²) in [4.78, 5) is 0. The summed E-state index contributed by atoms with van der Waals surface area (Å²) in [6.07, 6.45) is 3.41. The van der Waals surface area contributed by atoms with Crippen molar-refractivity contribution < 1.29 is 14.9 Å². The fourth-order valence-corrected chi connectivity index (χ4v) is 4.91. The molecule has 0 bridgehead atoms. The first-order valence-electron chi connectivity index (χ1n) is 7.89. The highest BCUT2D eigenvalue weighted by Crippen LogP contribution is 2.58. The average molecular weight is 290 g/mol. The van der Waals surface area contributed by atoms with Crippen LogP contribution >= 0.6 is 0 Å². The van der Waals surface area contributed by atoms with Crippen LogP contribution in [0.25, 0.3) is 0 Å². The molecule has 0 aliphatic heterocycles. The van der Waals surface area contributed by atoms with E-state index < -0.39 is 0 Å². The van der Waals surface area contributed by atoms with Crippen LogP contribution < -0.4 is 4.74 Å². The van der Waals surface area contributed by atoms with E-state index in [0.717, 1.165) is 36.8 Å². The zero-order chi connectivity index (χ0) is 15.4. The van der Waals surface area contributed by atoms with Gasteiger partial charge < -0.3 is 14.9 Å². The number of aliphatic hydroxyl groups excluding tert-OH is 1. The van der Waals surface area contributed by atoms with Crippen LogP contribution in [0.5, 0.6) is 11.5 Å². The third-order valence-electron chi connectivity index (χ3n) is 6.15. The molecule has 3 atom stereocenters. The van der Waals surface area contributed by atoms with Gasteiger partial charge in [-0.3, -0.25) is 0 Å². The van der Waals surface area contributed by atoms with E-state index in [2.05, 4.69) is 20.8 Å². The highest BCUT2D eigenvalue weighted by atomic mass is 16.5. The van der Waals surface area contributed by atoms with E-state index in [1.54, 1.807) is 7.11 Å². The van der Waals surface area contributed by atoms with Gasteiger partial charge in [-0.1, -0.05) is 26.8 Å². The largest absolute Gasteiger partial charge is 0.504 e. The molecule has 2 aliphatic carbocycles. The number of rotatable bonds is 1. The molecule has 21 heavy (non-hydrogen) atoms. The molecule has 3 rings (SSSR count). The van der Waals surface area contributed by atoms with Gasteiger partial charge in [0.15, 0.2) is 11.5 Å². The highest BCUT2D eigenvalue weighted by molar-refractivity contribution is 5.54. The second-order valence-corrected chi connectivity index (χ2v) is 7.56. The highest BCUT2D eigenvalue weighted by Gasteiger charge is 2.54. The van der Waals surface area contributed by atoms with Crippen LogP contribution in [-0.4, -0.2) is 23.4 Å². The first-order chi connectivity index (χ1) is 9.82. The van der Waals surface area contributed by atoms with Crippen molar-refractivity contribution in [2.24, 2.45) is 11.3 Å². The third kappa shape index (κ3) is 1.90. The number of ether oxygens (including phenoxy) is 1. The molecule has 2 aliphatic rings. The lowest BCUT2D eigenvalue weighted by molar-refractivity contribution is -0.0593. The van der Waals surface area contributed by atoms with Gasteiger partial charge in [0.1, 0.15) is 0 Å². The molecule has 1 saturated carbocycles. The number of phenolic OH excluding ortho intramolecular Hbond substituents is 1. The monoisotopic (exact) mass is 290 g/mol. The Morgan fingerprint density at radius 2 is 1.90 bits per heavy atom.